The Bertz CT molecular complexity index is 5790. The second-order valence-electron chi connectivity index (χ2n) is 36.8. The Hall–Kier alpha value is -10.5. The molecule has 0 bridgehead atoms. The minimum Gasteiger partial charge on any atom is -0.256 e. The molecule has 0 N–H and O–H groups in total. The van der Waals surface area contributed by atoms with Gasteiger partial charge in [0.25, 0.3) is 0 Å². The quantitative estimate of drug-likeness (QED) is 0.136. The maximum atomic E-state index is 4.79. The average Bonchev–Trinajstić information content (AvgIpc) is 1.44. The third-order valence-corrected chi connectivity index (χ3v) is 22.7. The number of benzene rings is 13. The first kappa shape index (κ1) is 80.5. The first-order chi connectivity index (χ1) is 54.1. The van der Waals surface area contributed by atoms with E-state index in [1.54, 1.807) is 5.56 Å². The van der Waals surface area contributed by atoms with Crippen molar-refractivity contribution in [3.8, 4) is 55.9 Å². The number of rotatable bonds is 10. The van der Waals surface area contributed by atoms with Crippen molar-refractivity contribution in [2.45, 2.75) is 200 Å². The van der Waals surface area contributed by atoms with Gasteiger partial charge >= 0.3 is 0 Å². The minimum atomic E-state index is 0.303. The molecule has 13 aromatic carbocycles. The highest BCUT2D eigenvalue weighted by Gasteiger charge is 2.22. The molecule has 2 aliphatic carbocycles. The normalized spacial score (nSPS) is 13.3. The molecular weight excluding hydrogens is 1360 g/mol. The van der Waals surface area contributed by atoms with Crippen LogP contribution in [0.1, 0.15) is 198 Å². The van der Waals surface area contributed by atoms with Crippen LogP contribution in [0.15, 0.2) is 273 Å². The Morgan fingerprint density at radius 1 is 0.265 bits per heavy atom. The van der Waals surface area contributed by atoms with Crippen molar-refractivity contribution in [3.63, 3.8) is 0 Å². The van der Waals surface area contributed by atoms with Gasteiger partial charge < -0.3 is 0 Å². The van der Waals surface area contributed by atoms with Crippen LogP contribution in [0.3, 0.4) is 0 Å². The van der Waals surface area contributed by atoms with Gasteiger partial charge in [-0.25, -0.2) is 0 Å². The number of nitrogens with zero attached hydrogens (tertiary/aromatic N) is 2. The van der Waals surface area contributed by atoms with E-state index in [2.05, 4.69) is 384 Å². The second kappa shape index (κ2) is 35.2. The molecule has 0 atom stereocenters. The molecule has 574 valence electrons. The van der Waals surface area contributed by atoms with Gasteiger partial charge in [-0.15, -0.1) is 0 Å². The van der Waals surface area contributed by atoms with Crippen molar-refractivity contribution in [2.75, 3.05) is 0 Å². The van der Waals surface area contributed by atoms with E-state index in [9.17, 15) is 0 Å². The highest BCUT2D eigenvalue weighted by atomic mass is 14.7. The summed E-state index contributed by atoms with van der Waals surface area (Å²) in [5.41, 5.74) is 31.2. The smallest absolute Gasteiger partial charge is 0.0780 e. The molecule has 2 heteroatoms. The van der Waals surface area contributed by atoms with Gasteiger partial charge in [-0.05, 0) is 274 Å². The lowest BCUT2D eigenvalue weighted by atomic mass is 9.87. The van der Waals surface area contributed by atoms with E-state index in [0.717, 1.165) is 42.5 Å². The summed E-state index contributed by atoms with van der Waals surface area (Å²) in [7, 11) is 0. The Kier molecular flexibility index (Phi) is 25.1. The van der Waals surface area contributed by atoms with E-state index in [1.807, 2.05) is 12.4 Å². The summed E-state index contributed by atoms with van der Waals surface area (Å²) in [6.07, 6.45) is 18.2. The van der Waals surface area contributed by atoms with Crippen LogP contribution in [0.5, 0.6) is 0 Å². The molecule has 2 heterocycles. The summed E-state index contributed by atoms with van der Waals surface area (Å²) in [5, 5.41) is 13.3. The van der Waals surface area contributed by atoms with Crippen molar-refractivity contribution < 1.29 is 0 Å². The van der Waals surface area contributed by atoms with Gasteiger partial charge in [-0.3, -0.25) is 9.97 Å². The molecule has 2 fully saturated rings. The molecular formula is C111H120N2. The van der Waals surface area contributed by atoms with Gasteiger partial charge in [0.15, 0.2) is 0 Å². The zero-order chi connectivity index (χ0) is 79.7. The third kappa shape index (κ3) is 20.8. The number of pyridine rings is 2. The van der Waals surface area contributed by atoms with Crippen LogP contribution in [-0.4, -0.2) is 9.97 Å². The predicted octanol–water partition coefficient (Wildman–Crippen LogP) is 31.9. The molecule has 0 spiro atoms. The van der Waals surface area contributed by atoms with Crippen molar-refractivity contribution in [2.24, 2.45) is 16.2 Å². The van der Waals surface area contributed by atoms with Gasteiger partial charge in [-0.2, -0.15) is 0 Å². The van der Waals surface area contributed by atoms with Crippen molar-refractivity contribution >= 4 is 53.9 Å². The maximum Gasteiger partial charge on any atom is 0.0780 e. The fraction of sp³-hybridized carbons (Fsp3) is 0.297. The zero-order valence-corrected chi connectivity index (χ0v) is 70.8. The molecule has 0 unspecified atom stereocenters. The SMILES string of the molecule is CC(C)(C)Cc1ccc2c(-c3ccccc3)cccc2c1.Cc1cc(C)cc(-c2ncc(C)c3cc(C4CCCC4)ccc23)c1.Cc1cc(C)cc(-c2nccc3cc(CC(C)(C)C)ccc23)c1.Cc1cccc(-c2ccc(C)c3cc(C4CCCC4)ccc23)c1.Cc1cccc(-c2cccc3cc(CC(C)(C)C)ccc23)c1. The maximum absolute atomic E-state index is 4.79. The number of aryl methyl sites for hydroxylation is 8. The monoisotopic (exact) mass is 1480 g/mol. The molecule has 2 saturated carbocycles. The summed E-state index contributed by atoms with van der Waals surface area (Å²) in [6, 6.07) is 96.3. The third-order valence-electron chi connectivity index (χ3n) is 22.7. The Labute approximate surface area is 677 Å². The van der Waals surface area contributed by atoms with E-state index in [4.69, 9.17) is 4.98 Å². The van der Waals surface area contributed by atoms with E-state index in [0.29, 0.717) is 16.2 Å². The number of fused-ring (bicyclic) bond motifs is 5. The summed E-state index contributed by atoms with van der Waals surface area (Å²) in [4.78, 5) is 9.45. The topological polar surface area (TPSA) is 25.8 Å². The van der Waals surface area contributed by atoms with Gasteiger partial charge in [-0.1, -0.05) is 352 Å². The summed E-state index contributed by atoms with van der Waals surface area (Å²) in [5.74, 6) is 1.54. The van der Waals surface area contributed by atoms with E-state index < -0.39 is 0 Å². The van der Waals surface area contributed by atoms with Crippen molar-refractivity contribution in [1.82, 2.24) is 9.97 Å². The van der Waals surface area contributed by atoms with Crippen molar-refractivity contribution in [3.05, 3.63) is 346 Å². The van der Waals surface area contributed by atoms with Gasteiger partial charge in [0.1, 0.15) is 0 Å². The Morgan fingerprint density at radius 3 is 1.11 bits per heavy atom. The zero-order valence-electron chi connectivity index (χ0n) is 70.8. The van der Waals surface area contributed by atoms with Crippen LogP contribution in [0.4, 0.5) is 0 Å². The average molecular weight is 1480 g/mol. The fourth-order valence-corrected chi connectivity index (χ4v) is 17.7. The molecule has 2 aliphatic rings. The van der Waals surface area contributed by atoms with Crippen LogP contribution < -0.4 is 0 Å². The Balaban J connectivity index is 0.000000124. The van der Waals surface area contributed by atoms with E-state index in [-0.39, 0.29) is 0 Å². The van der Waals surface area contributed by atoms with Crippen LogP contribution in [0.25, 0.3) is 110 Å². The molecule has 0 radical (unpaired) electrons. The van der Waals surface area contributed by atoms with Crippen molar-refractivity contribution in [1.29, 1.82) is 0 Å². The molecule has 15 aromatic rings. The highest BCUT2D eigenvalue weighted by Crippen LogP contribution is 2.42. The lowest BCUT2D eigenvalue weighted by molar-refractivity contribution is 0.411. The lowest BCUT2D eigenvalue weighted by Gasteiger charge is -2.18. The summed E-state index contributed by atoms with van der Waals surface area (Å²) in [6.45, 7) is 37.9. The summed E-state index contributed by atoms with van der Waals surface area (Å²) < 4.78 is 0. The summed E-state index contributed by atoms with van der Waals surface area (Å²) >= 11 is 0. The van der Waals surface area contributed by atoms with Crippen LogP contribution in [0.2, 0.25) is 0 Å². The van der Waals surface area contributed by atoms with E-state index in [1.165, 1.54) is 216 Å². The number of hydrogen-bond acceptors (Lipinski definition) is 2. The molecule has 0 saturated heterocycles. The molecule has 2 aromatic heterocycles. The highest BCUT2D eigenvalue weighted by molar-refractivity contribution is 6.01. The number of aromatic nitrogens is 2. The molecule has 17 rings (SSSR count). The number of hydrogen-bond donors (Lipinski definition) is 0. The minimum absolute atomic E-state index is 0.303. The molecule has 113 heavy (non-hydrogen) atoms. The van der Waals surface area contributed by atoms with E-state index >= 15 is 0 Å². The second-order valence-corrected chi connectivity index (χ2v) is 36.8. The first-order valence-electron chi connectivity index (χ1n) is 41.8. The molecule has 0 aliphatic heterocycles. The lowest BCUT2D eigenvalue weighted by Crippen LogP contribution is -2.08. The van der Waals surface area contributed by atoms with Crippen LogP contribution >= 0.6 is 0 Å². The predicted molar refractivity (Wildman–Crippen MR) is 492 cm³/mol. The first-order valence-corrected chi connectivity index (χ1v) is 41.8. The van der Waals surface area contributed by atoms with Gasteiger partial charge in [0.05, 0.1) is 11.4 Å². The molecule has 2 nitrogen and oxygen atoms in total. The largest absolute Gasteiger partial charge is 0.256 e. The Morgan fingerprint density at radius 2 is 0.646 bits per heavy atom. The molecule has 0 amide bonds. The van der Waals surface area contributed by atoms with Gasteiger partial charge in [0, 0.05) is 34.3 Å². The van der Waals surface area contributed by atoms with Crippen LogP contribution in [0, 0.1) is 71.6 Å². The standard InChI is InChI=1S/C23H25N.C23H24.C22H25N.C22H24.C21H22/c1-15-10-16(2)12-20(11-15)23-21-9-8-19(18-6-4-5-7-18)13-22(21)17(3)14-24-23;1-16-6-5-9-20(14-16)21-12-10-17(2)23-15-19(11-13-22(21)23)18-7-3-4-8-18;1-15-10-16(2)12-19(11-15)21-20-7-6-17(14-22(3,4)5)13-18(20)8-9-23-21;1-16-7-5-8-18(13-16)20-10-6-9-19-14-17(11-12-21(19)20)15-22(2,3)4;1-21(2,3)15-16-12-13-20-18(14-16)10-7-11-19(20)17-8-5-4-6-9-17/h8-14,18H,4-7H2,1-3H3;5-6,9-15,18H,3-4,7-8H2,1-2H3;6-13H,14H2,1-5H3;5-14H,15H2,1-4H3;4-14H,15H2,1-3H3. The van der Waals surface area contributed by atoms with Gasteiger partial charge in [0.2, 0.25) is 0 Å². The fourth-order valence-electron chi connectivity index (χ4n) is 17.7. The van der Waals surface area contributed by atoms with Crippen LogP contribution in [-0.2, 0) is 19.3 Å².